The van der Waals surface area contributed by atoms with E-state index in [4.69, 9.17) is 5.11 Å². The predicted octanol–water partition coefficient (Wildman–Crippen LogP) is 2.76. The second kappa shape index (κ2) is 6.65. The van der Waals surface area contributed by atoms with Gasteiger partial charge in [0, 0.05) is 0 Å². The highest BCUT2D eigenvalue weighted by atomic mass is 16.4. The molecule has 2 nitrogen and oxygen atoms in total. The van der Waals surface area contributed by atoms with E-state index in [0.717, 1.165) is 18.4 Å². The smallest absolute Gasteiger partial charge is 0.307 e. The lowest BCUT2D eigenvalue weighted by molar-refractivity contribution is -0.136. The Hall–Kier alpha value is -1.05. The van der Waals surface area contributed by atoms with E-state index in [0.29, 0.717) is 0 Å². The van der Waals surface area contributed by atoms with Crippen molar-refractivity contribution in [1.29, 1.82) is 0 Å². The van der Waals surface area contributed by atoms with Crippen LogP contribution in [0.15, 0.2) is 23.8 Å². The van der Waals surface area contributed by atoms with Crippen molar-refractivity contribution in [2.75, 3.05) is 0 Å². The molecule has 0 radical (unpaired) electrons. The molecule has 0 aromatic heterocycles. The first-order valence-corrected chi connectivity index (χ1v) is 4.36. The van der Waals surface area contributed by atoms with Crippen LogP contribution >= 0.6 is 0 Å². The van der Waals surface area contributed by atoms with Gasteiger partial charge in [-0.05, 0) is 18.4 Å². The molecule has 1 rings (SSSR count). The van der Waals surface area contributed by atoms with E-state index in [-0.39, 0.29) is 6.42 Å². The zero-order chi connectivity index (χ0) is 9.40. The van der Waals surface area contributed by atoms with Gasteiger partial charge in [0.25, 0.3) is 0 Å². The first-order valence-electron chi connectivity index (χ1n) is 4.36. The summed E-state index contributed by atoms with van der Waals surface area (Å²) in [5.41, 5.74) is 0.929. The quantitative estimate of drug-likeness (QED) is 0.688. The molecule has 0 unspecified atom stereocenters. The lowest BCUT2D eigenvalue weighted by Crippen LogP contribution is -1.96. The molecule has 1 aliphatic rings. The standard InChI is InChI=1S/C8H10O2.C2H6/c9-8(10)6-7-4-2-1-3-5-7;1-2/h2,4-5H,1,3,6H2,(H,9,10);1-2H3. The lowest BCUT2D eigenvalue weighted by atomic mass is 10.0. The summed E-state index contributed by atoms with van der Waals surface area (Å²) in [6.45, 7) is 4.00. The molecule has 0 aromatic carbocycles. The SMILES string of the molecule is CC.O=C(O)CC1=CCCC=C1. The molecule has 0 aromatic rings. The van der Waals surface area contributed by atoms with Crippen molar-refractivity contribution >= 4 is 5.97 Å². The second-order valence-electron chi connectivity index (χ2n) is 2.33. The summed E-state index contributed by atoms with van der Waals surface area (Å²) in [5, 5.41) is 8.39. The molecule has 68 valence electrons. The molecule has 0 bridgehead atoms. The number of carboxylic acid groups (broad SMARTS) is 1. The van der Waals surface area contributed by atoms with Crippen LogP contribution < -0.4 is 0 Å². The molecule has 1 N–H and O–H groups in total. The molecule has 0 fully saturated rings. The van der Waals surface area contributed by atoms with Crippen molar-refractivity contribution in [3.63, 3.8) is 0 Å². The highest BCUT2D eigenvalue weighted by molar-refractivity contribution is 5.71. The fourth-order valence-corrected chi connectivity index (χ4v) is 0.973. The van der Waals surface area contributed by atoms with Gasteiger partial charge < -0.3 is 5.11 Å². The number of hydrogen-bond acceptors (Lipinski definition) is 1. The molecule has 2 heteroatoms. The molecule has 0 saturated carbocycles. The molecule has 0 atom stereocenters. The van der Waals surface area contributed by atoms with Gasteiger partial charge in [-0.25, -0.2) is 0 Å². The number of rotatable bonds is 2. The summed E-state index contributed by atoms with van der Waals surface area (Å²) in [5.74, 6) is -0.752. The van der Waals surface area contributed by atoms with Gasteiger partial charge in [-0.2, -0.15) is 0 Å². The zero-order valence-corrected chi connectivity index (χ0v) is 7.71. The normalized spacial score (nSPS) is 14.3. The highest BCUT2D eigenvalue weighted by Gasteiger charge is 2.01. The van der Waals surface area contributed by atoms with Crippen molar-refractivity contribution in [2.45, 2.75) is 33.1 Å². The van der Waals surface area contributed by atoms with E-state index in [1.165, 1.54) is 0 Å². The fourth-order valence-electron chi connectivity index (χ4n) is 0.973. The second-order valence-corrected chi connectivity index (χ2v) is 2.33. The Labute approximate surface area is 73.6 Å². The van der Waals surface area contributed by atoms with Crippen LogP contribution in [0.1, 0.15) is 33.1 Å². The number of carbonyl (C=O) groups is 1. The summed E-state index contributed by atoms with van der Waals surface area (Å²) >= 11 is 0. The Morgan fingerprint density at radius 2 is 2.17 bits per heavy atom. The monoisotopic (exact) mass is 168 g/mol. The number of carboxylic acids is 1. The maximum atomic E-state index is 10.2. The summed E-state index contributed by atoms with van der Waals surface area (Å²) < 4.78 is 0. The van der Waals surface area contributed by atoms with E-state index >= 15 is 0 Å². The van der Waals surface area contributed by atoms with Crippen LogP contribution in [0.25, 0.3) is 0 Å². The fraction of sp³-hybridized carbons (Fsp3) is 0.500. The third-order valence-corrected chi connectivity index (χ3v) is 1.43. The minimum absolute atomic E-state index is 0.163. The van der Waals surface area contributed by atoms with Gasteiger partial charge in [0.05, 0.1) is 6.42 Å². The van der Waals surface area contributed by atoms with Gasteiger partial charge in [0.1, 0.15) is 0 Å². The molecule has 0 aliphatic heterocycles. The molecule has 12 heavy (non-hydrogen) atoms. The summed E-state index contributed by atoms with van der Waals surface area (Å²) in [4.78, 5) is 10.2. The summed E-state index contributed by atoms with van der Waals surface area (Å²) in [7, 11) is 0. The lowest BCUT2D eigenvalue weighted by Gasteiger charge is -2.02. The van der Waals surface area contributed by atoms with Crippen LogP contribution in [0.2, 0.25) is 0 Å². The number of aliphatic carboxylic acids is 1. The number of hydrogen-bond donors (Lipinski definition) is 1. The topological polar surface area (TPSA) is 37.3 Å². The predicted molar refractivity (Wildman–Crippen MR) is 50.1 cm³/mol. The van der Waals surface area contributed by atoms with Gasteiger partial charge in [0.15, 0.2) is 0 Å². The van der Waals surface area contributed by atoms with E-state index in [1.54, 1.807) is 0 Å². The largest absolute Gasteiger partial charge is 0.481 e. The Bertz CT molecular complexity index is 190. The van der Waals surface area contributed by atoms with Crippen molar-refractivity contribution in [3.05, 3.63) is 23.8 Å². The van der Waals surface area contributed by atoms with Crippen molar-refractivity contribution in [2.24, 2.45) is 0 Å². The molecule has 1 aliphatic carbocycles. The first kappa shape index (κ1) is 11.0. The average Bonchev–Trinajstić information content (AvgIpc) is 2.08. The van der Waals surface area contributed by atoms with Crippen LogP contribution in [-0.4, -0.2) is 11.1 Å². The van der Waals surface area contributed by atoms with Crippen molar-refractivity contribution < 1.29 is 9.90 Å². The molecule has 0 amide bonds. The van der Waals surface area contributed by atoms with Crippen LogP contribution in [0.4, 0.5) is 0 Å². The van der Waals surface area contributed by atoms with Crippen LogP contribution in [0, 0.1) is 0 Å². The zero-order valence-electron chi connectivity index (χ0n) is 7.71. The van der Waals surface area contributed by atoms with Gasteiger partial charge in [-0.1, -0.05) is 32.1 Å². The van der Waals surface area contributed by atoms with E-state index in [9.17, 15) is 4.79 Å². The van der Waals surface area contributed by atoms with Gasteiger partial charge >= 0.3 is 5.97 Å². The molecular weight excluding hydrogens is 152 g/mol. The Morgan fingerprint density at radius 3 is 2.58 bits per heavy atom. The third kappa shape index (κ3) is 4.72. The van der Waals surface area contributed by atoms with Gasteiger partial charge in [-0.3, -0.25) is 4.79 Å². The molecule has 0 spiro atoms. The van der Waals surface area contributed by atoms with Crippen molar-refractivity contribution in [1.82, 2.24) is 0 Å². The third-order valence-electron chi connectivity index (χ3n) is 1.43. The van der Waals surface area contributed by atoms with E-state index in [2.05, 4.69) is 0 Å². The number of allylic oxidation sites excluding steroid dienone is 3. The molecule has 0 saturated heterocycles. The highest BCUT2D eigenvalue weighted by Crippen LogP contribution is 2.12. The molecular formula is C10H16O2. The average molecular weight is 168 g/mol. The Morgan fingerprint density at radius 1 is 1.50 bits per heavy atom. The van der Waals surface area contributed by atoms with Crippen LogP contribution in [0.5, 0.6) is 0 Å². The summed E-state index contributed by atoms with van der Waals surface area (Å²) in [6.07, 6.45) is 8.07. The first-order chi connectivity index (χ1) is 5.79. The van der Waals surface area contributed by atoms with E-state index in [1.807, 2.05) is 32.1 Å². The van der Waals surface area contributed by atoms with Crippen LogP contribution in [0.3, 0.4) is 0 Å². The maximum absolute atomic E-state index is 10.2. The van der Waals surface area contributed by atoms with Gasteiger partial charge in [-0.15, -0.1) is 0 Å². The maximum Gasteiger partial charge on any atom is 0.307 e. The minimum Gasteiger partial charge on any atom is -0.481 e. The van der Waals surface area contributed by atoms with Crippen molar-refractivity contribution in [3.8, 4) is 0 Å². The Kier molecular flexibility index (Phi) is 6.07. The van der Waals surface area contributed by atoms with Crippen LogP contribution in [-0.2, 0) is 4.79 Å². The molecule has 0 heterocycles. The Balaban J connectivity index is 0.000000561. The van der Waals surface area contributed by atoms with E-state index < -0.39 is 5.97 Å². The van der Waals surface area contributed by atoms with Gasteiger partial charge in [0.2, 0.25) is 0 Å². The summed E-state index contributed by atoms with van der Waals surface area (Å²) in [6, 6.07) is 0. The minimum atomic E-state index is -0.752.